The minimum Gasteiger partial charge on any atom is -0.321 e. The summed E-state index contributed by atoms with van der Waals surface area (Å²) in [5, 5.41) is 0.120. The Morgan fingerprint density at radius 3 is 2.62 bits per heavy atom. The van der Waals surface area contributed by atoms with Crippen LogP contribution in [0.3, 0.4) is 0 Å². The maximum atomic E-state index is 13.6. The summed E-state index contributed by atoms with van der Waals surface area (Å²) < 4.78 is 14.1. The van der Waals surface area contributed by atoms with E-state index < -0.39 is 11.4 Å². The third-order valence-electron chi connectivity index (χ3n) is 2.36. The summed E-state index contributed by atoms with van der Waals surface area (Å²) in [7, 11) is 0. The van der Waals surface area contributed by atoms with E-state index in [0.29, 0.717) is 10.0 Å². The summed E-state index contributed by atoms with van der Waals surface area (Å²) in [6.07, 6.45) is 1.67. The second-order valence-corrected chi connectivity index (χ2v) is 4.61. The molecule has 13 heavy (non-hydrogen) atoms. The second kappa shape index (κ2) is 2.94. The van der Waals surface area contributed by atoms with Gasteiger partial charge in [-0.15, -0.1) is 0 Å². The molecule has 70 valence electrons. The molecule has 4 heteroatoms. The van der Waals surface area contributed by atoms with Gasteiger partial charge in [0, 0.05) is 15.6 Å². The van der Waals surface area contributed by atoms with Crippen LogP contribution in [-0.4, -0.2) is 0 Å². The Hall–Kier alpha value is -0.120. The van der Waals surface area contributed by atoms with Gasteiger partial charge in [-0.1, -0.05) is 17.7 Å². The molecule has 1 nitrogen and oxygen atoms in total. The van der Waals surface area contributed by atoms with Crippen LogP contribution >= 0.6 is 27.5 Å². The van der Waals surface area contributed by atoms with Crippen LogP contribution in [0, 0.1) is 5.82 Å². The molecule has 0 bridgehead atoms. The molecule has 0 radical (unpaired) electrons. The Kier molecular flexibility index (Phi) is 2.13. The van der Waals surface area contributed by atoms with Crippen molar-refractivity contribution in [2.24, 2.45) is 5.73 Å². The highest BCUT2D eigenvalue weighted by Crippen LogP contribution is 2.45. The van der Waals surface area contributed by atoms with E-state index in [1.54, 1.807) is 12.1 Å². The minimum atomic E-state index is -0.464. The van der Waals surface area contributed by atoms with Crippen molar-refractivity contribution in [1.82, 2.24) is 0 Å². The number of rotatable bonds is 1. The average Bonchev–Trinajstić information content (AvgIpc) is 2.80. The van der Waals surface area contributed by atoms with E-state index in [9.17, 15) is 4.39 Å². The summed E-state index contributed by atoms with van der Waals surface area (Å²) in [6, 6.07) is 3.42. The molecule has 1 aliphatic rings. The van der Waals surface area contributed by atoms with Gasteiger partial charge >= 0.3 is 0 Å². The van der Waals surface area contributed by atoms with Crippen LogP contribution < -0.4 is 5.73 Å². The zero-order valence-electron chi connectivity index (χ0n) is 6.78. The summed E-state index contributed by atoms with van der Waals surface area (Å²) >= 11 is 8.89. The van der Waals surface area contributed by atoms with Crippen molar-refractivity contribution in [3.63, 3.8) is 0 Å². The number of hydrogen-bond donors (Lipinski definition) is 1. The number of halogens is 3. The van der Waals surface area contributed by atoms with E-state index in [1.807, 2.05) is 0 Å². The van der Waals surface area contributed by atoms with Crippen molar-refractivity contribution in [2.45, 2.75) is 18.4 Å². The van der Waals surface area contributed by atoms with Gasteiger partial charge in [-0.3, -0.25) is 0 Å². The van der Waals surface area contributed by atoms with Crippen LogP contribution in [0.1, 0.15) is 18.4 Å². The highest BCUT2D eigenvalue weighted by atomic mass is 79.9. The standard InChI is InChI=1S/C9H8BrClFN/c10-6-2-1-5(8(12)7(6)11)9(13)3-4-9/h1-2H,3-4,13H2. The summed E-state index contributed by atoms with van der Waals surface area (Å²) in [4.78, 5) is 0. The monoisotopic (exact) mass is 263 g/mol. The fourth-order valence-electron chi connectivity index (χ4n) is 1.31. The van der Waals surface area contributed by atoms with Crippen molar-refractivity contribution in [3.8, 4) is 0 Å². The van der Waals surface area contributed by atoms with E-state index >= 15 is 0 Å². The number of benzene rings is 1. The Labute approximate surface area is 89.2 Å². The first-order valence-corrected chi connectivity index (χ1v) is 5.14. The predicted molar refractivity (Wildman–Crippen MR) is 54.2 cm³/mol. The molecule has 0 spiro atoms. The first-order chi connectivity index (χ1) is 6.04. The molecule has 1 saturated carbocycles. The van der Waals surface area contributed by atoms with Crippen molar-refractivity contribution in [3.05, 3.63) is 33.0 Å². The maximum absolute atomic E-state index is 13.6. The van der Waals surface area contributed by atoms with Crippen LogP contribution in [0.2, 0.25) is 5.02 Å². The summed E-state index contributed by atoms with van der Waals surface area (Å²) in [6.45, 7) is 0. The van der Waals surface area contributed by atoms with Gasteiger partial charge in [-0.25, -0.2) is 4.39 Å². The van der Waals surface area contributed by atoms with Gasteiger partial charge < -0.3 is 5.73 Å². The number of hydrogen-bond acceptors (Lipinski definition) is 1. The van der Waals surface area contributed by atoms with Crippen LogP contribution in [0.4, 0.5) is 4.39 Å². The molecule has 0 saturated heterocycles. The van der Waals surface area contributed by atoms with Gasteiger partial charge in [0.25, 0.3) is 0 Å². The molecule has 0 aromatic heterocycles. The van der Waals surface area contributed by atoms with E-state index in [-0.39, 0.29) is 5.02 Å². The predicted octanol–water partition coefficient (Wildman–Crippen LogP) is 3.19. The van der Waals surface area contributed by atoms with Gasteiger partial charge in [0.05, 0.1) is 5.02 Å². The highest BCUT2D eigenvalue weighted by Gasteiger charge is 2.42. The lowest BCUT2D eigenvalue weighted by Crippen LogP contribution is -2.20. The van der Waals surface area contributed by atoms with Crippen LogP contribution in [0.25, 0.3) is 0 Å². The Balaban J connectivity index is 2.54. The molecule has 1 fully saturated rings. The van der Waals surface area contributed by atoms with Gasteiger partial charge in [0.2, 0.25) is 0 Å². The van der Waals surface area contributed by atoms with E-state index in [2.05, 4.69) is 15.9 Å². The smallest absolute Gasteiger partial charge is 0.147 e. The van der Waals surface area contributed by atoms with Crippen molar-refractivity contribution in [2.75, 3.05) is 0 Å². The van der Waals surface area contributed by atoms with Crippen LogP contribution in [0.5, 0.6) is 0 Å². The van der Waals surface area contributed by atoms with Gasteiger partial charge in [0.15, 0.2) is 0 Å². The van der Waals surface area contributed by atoms with Gasteiger partial charge in [-0.05, 0) is 34.8 Å². The Bertz CT molecular complexity index is 363. The lowest BCUT2D eigenvalue weighted by atomic mass is 10.1. The molecule has 0 amide bonds. The number of nitrogens with two attached hydrogens (primary N) is 1. The van der Waals surface area contributed by atoms with Crippen molar-refractivity contribution in [1.29, 1.82) is 0 Å². The Morgan fingerprint density at radius 2 is 2.08 bits per heavy atom. The highest BCUT2D eigenvalue weighted by molar-refractivity contribution is 9.10. The first-order valence-electron chi connectivity index (χ1n) is 3.97. The van der Waals surface area contributed by atoms with Crippen molar-refractivity contribution < 1.29 is 4.39 Å². The van der Waals surface area contributed by atoms with Gasteiger partial charge in [-0.2, -0.15) is 0 Å². The minimum absolute atomic E-state index is 0.120. The largest absolute Gasteiger partial charge is 0.321 e. The molecule has 0 heterocycles. The van der Waals surface area contributed by atoms with E-state index in [0.717, 1.165) is 12.8 Å². The van der Waals surface area contributed by atoms with Gasteiger partial charge in [0.1, 0.15) is 5.82 Å². The molecule has 2 N–H and O–H groups in total. The molecule has 2 rings (SSSR count). The Morgan fingerprint density at radius 1 is 1.46 bits per heavy atom. The molecule has 1 aliphatic carbocycles. The molecule has 1 aromatic rings. The molecular weight excluding hydrogens is 256 g/mol. The van der Waals surface area contributed by atoms with Crippen LogP contribution in [0.15, 0.2) is 16.6 Å². The molecule has 1 aromatic carbocycles. The normalized spacial score (nSPS) is 18.8. The topological polar surface area (TPSA) is 26.0 Å². The average molecular weight is 265 g/mol. The second-order valence-electron chi connectivity index (χ2n) is 3.38. The summed E-state index contributed by atoms with van der Waals surface area (Å²) in [5.74, 6) is -0.393. The van der Waals surface area contributed by atoms with Crippen LogP contribution in [-0.2, 0) is 5.54 Å². The fourth-order valence-corrected chi connectivity index (χ4v) is 1.79. The first kappa shape index (κ1) is 9.44. The van der Waals surface area contributed by atoms with E-state index in [4.69, 9.17) is 17.3 Å². The lowest BCUT2D eigenvalue weighted by molar-refractivity contribution is 0.578. The molecule has 0 aliphatic heterocycles. The zero-order chi connectivity index (χ0) is 9.64. The van der Waals surface area contributed by atoms with E-state index in [1.165, 1.54) is 0 Å². The molecular formula is C9H8BrClFN. The zero-order valence-corrected chi connectivity index (χ0v) is 9.12. The third kappa shape index (κ3) is 1.49. The summed E-state index contributed by atoms with van der Waals surface area (Å²) in [5.41, 5.74) is 5.94. The fraction of sp³-hybridized carbons (Fsp3) is 0.333. The molecule has 0 atom stereocenters. The SMILES string of the molecule is NC1(c2ccc(Br)c(Cl)c2F)CC1. The molecule has 0 unspecified atom stereocenters. The third-order valence-corrected chi connectivity index (χ3v) is 3.62. The lowest BCUT2D eigenvalue weighted by Gasteiger charge is -2.11. The maximum Gasteiger partial charge on any atom is 0.147 e. The quantitative estimate of drug-likeness (QED) is 0.775. The van der Waals surface area contributed by atoms with Crippen molar-refractivity contribution >= 4 is 27.5 Å².